The highest BCUT2D eigenvalue weighted by molar-refractivity contribution is 8.18. The molecule has 1 N–H and O–H groups in total. The van der Waals surface area contributed by atoms with Crippen LogP contribution in [0.5, 0.6) is 11.5 Å². The maximum atomic E-state index is 13.1. The molecule has 0 saturated carbocycles. The summed E-state index contributed by atoms with van der Waals surface area (Å²) in [4.78, 5) is 30.9. The van der Waals surface area contributed by atoms with Gasteiger partial charge in [0.2, 0.25) is 0 Å². The van der Waals surface area contributed by atoms with Crippen molar-refractivity contribution in [3.8, 4) is 11.5 Å². The number of aromatic carboxylic acids is 1. The van der Waals surface area contributed by atoms with Crippen LogP contribution in [0.15, 0.2) is 76.6 Å². The number of carboxylic acids is 1. The van der Waals surface area contributed by atoms with Crippen LogP contribution < -0.4 is 9.47 Å². The van der Waals surface area contributed by atoms with Gasteiger partial charge in [0.1, 0.15) is 6.61 Å². The Morgan fingerprint density at radius 1 is 1.03 bits per heavy atom. The first-order valence-corrected chi connectivity index (χ1v) is 12.8. The number of benzene rings is 3. The van der Waals surface area contributed by atoms with Gasteiger partial charge in [0.15, 0.2) is 16.7 Å². The lowest BCUT2D eigenvalue weighted by atomic mass is 10.1. The molecule has 0 bridgehead atoms. The van der Waals surface area contributed by atoms with Crippen molar-refractivity contribution < 1.29 is 24.2 Å². The zero-order valence-electron chi connectivity index (χ0n) is 20.9. The highest BCUT2D eigenvalue weighted by Gasteiger charge is 2.32. The highest BCUT2D eigenvalue weighted by Crippen LogP contribution is 2.36. The van der Waals surface area contributed by atoms with Crippen LogP contribution in [0.1, 0.15) is 40.9 Å². The summed E-state index contributed by atoms with van der Waals surface area (Å²) < 4.78 is 11.9. The van der Waals surface area contributed by atoms with Crippen LogP contribution in [0.4, 0.5) is 5.69 Å². The summed E-state index contributed by atoms with van der Waals surface area (Å²) in [5.41, 5.74) is 3.82. The summed E-state index contributed by atoms with van der Waals surface area (Å²) in [5, 5.41) is 9.64. The number of likely N-dealkylation sites (N-methyl/N-ethyl adjacent to an activating group) is 1. The fraction of sp³-hybridized carbons (Fsp3) is 0.207. The second kappa shape index (κ2) is 11.8. The summed E-state index contributed by atoms with van der Waals surface area (Å²) in [6.07, 6.45) is 1.82. The largest absolute Gasteiger partial charge is 0.490 e. The third-order valence-corrected chi connectivity index (χ3v) is 6.59. The second-order valence-corrected chi connectivity index (χ2v) is 9.33. The molecule has 37 heavy (non-hydrogen) atoms. The SMILES string of the molecule is CCOc1cc(/C=C2/SC(=Nc3ccc(C(=O)O)cc3)N(CC)C2=O)ccc1OCc1cccc(C)c1. The smallest absolute Gasteiger partial charge is 0.335 e. The fourth-order valence-corrected chi connectivity index (χ4v) is 4.84. The van der Waals surface area contributed by atoms with Crippen LogP contribution in [0, 0.1) is 6.92 Å². The quantitative estimate of drug-likeness (QED) is 0.336. The number of carbonyl (C=O) groups is 2. The summed E-state index contributed by atoms with van der Waals surface area (Å²) in [6, 6.07) is 20.0. The predicted octanol–water partition coefficient (Wildman–Crippen LogP) is 6.29. The molecule has 4 rings (SSSR count). The van der Waals surface area contributed by atoms with Gasteiger partial charge in [-0.15, -0.1) is 0 Å². The third kappa shape index (κ3) is 6.40. The van der Waals surface area contributed by atoms with E-state index in [9.17, 15) is 9.59 Å². The van der Waals surface area contributed by atoms with E-state index >= 15 is 0 Å². The lowest BCUT2D eigenvalue weighted by molar-refractivity contribution is -0.122. The average Bonchev–Trinajstić information content (AvgIpc) is 3.17. The van der Waals surface area contributed by atoms with E-state index in [4.69, 9.17) is 14.6 Å². The summed E-state index contributed by atoms with van der Waals surface area (Å²) in [6.45, 7) is 7.22. The molecule has 3 aromatic rings. The Kier molecular flexibility index (Phi) is 8.30. The molecule has 7 nitrogen and oxygen atoms in total. The van der Waals surface area contributed by atoms with Crippen LogP contribution >= 0.6 is 11.8 Å². The van der Waals surface area contributed by atoms with E-state index in [2.05, 4.69) is 11.1 Å². The zero-order chi connectivity index (χ0) is 26.4. The molecule has 0 radical (unpaired) electrons. The second-order valence-electron chi connectivity index (χ2n) is 8.32. The molecular formula is C29H28N2O5S. The molecule has 1 aliphatic rings. The van der Waals surface area contributed by atoms with Crippen molar-refractivity contribution in [3.05, 3.63) is 93.9 Å². The molecule has 0 atom stereocenters. The number of carboxylic acid groups (broad SMARTS) is 1. The molecule has 0 unspecified atom stereocenters. The minimum Gasteiger partial charge on any atom is -0.490 e. The number of hydrogen-bond acceptors (Lipinski definition) is 6. The topological polar surface area (TPSA) is 88.4 Å². The summed E-state index contributed by atoms with van der Waals surface area (Å²) in [5.74, 6) is 0.118. The Hall–Kier alpha value is -4.04. The number of aliphatic imine (C=N–C) groups is 1. The molecule has 0 aliphatic carbocycles. The van der Waals surface area contributed by atoms with Gasteiger partial charge in [0.25, 0.3) is 5.91 Å². The minimum atomic E-state index is -0.997. The van der Waals surface area contributed by atoms with E-state index in [1.54, 1.807) is 17.0 Å². The van der Waals surface area contributed by atoms with Crippen LogP contribution in [0.25, 0.3) is 6.08 Å². The van der Waals surface area contributed by atoms with Crippen molar-refractivity contribution in [3.63, 3.8) is 0 Å². The van der Waals surface area contributed by atoms with Gasteiger partial charge >= 0.3 is 5.97 Å². The van der Waals surface area contributed by atoms with E-state index in [-0.39, 0.29) is 11.5 Å². The molecule has 1 amide bonds. The van der Waals surface area contributed by atoms with Gasteiger partial charge in [0.05, 0.1) is 22.8 Å². The van der Waals surface area contributed by atoms with Crippen LogP contribution in [-0.4, -0.2) is 40.2 Å². The van der Waals surface area contributed by atoms with Crippen LogP contribution in [0.3, 0.4) is 0 Å². The number of rotatable bonds is 9. The zero-order valence-corrected chi connectivity index (χ0v) is 21.7. The Morgan fingerprint density at radius 2 is 1.81 bits per heavy atom. The van der Waals surface area contributed by atoms with Gasteiger partial charge in [-0.05, 0) is 86.1 Å². The molecule has 190 valence electrons. The van der Waals surface area contributed by atoms with Gasteiger partial charge in [-0.25, -0.2) is 9.79 Å². The Bertz CT molecular complexity index is 1360. The highest BCUT2D eigenvalue weighted by atomic mass is 32.2. The number of amidine groups is 1. The van der Waals surface area contributed by atoms with Crippen molar-refractivity contribution in [1.82, 2.24) is 4.90 Å². The van der Waals surface area contributed by atoms with Gasteiger partial charge < -0.3 is 14.6 Å². The van der Waals surface area contributed by atoms with E-state index in [0.29, 0.717) is 47.0 Å². The standard InChI is InChI=1S/C29H28N2O5S/c1-4-31-27(32)26(37-29(31)30-23-12-10-22(11-13-23)28(33)34)17-20-9-14-24(25(16-20)35-5-2)36-18-21-8-6-7-19(3)15-21/h6-17H,4-5,18H2,1-3H3,(H,33,34)/b26-17+,30-29?. The van der Waals surface area contributed by atoms with Gasteiger partial charge in [0, 0.05) is 6.54 Å². The monoisotopic (exact) mass is 516 g/mol. The van der Waals surface area contributed by atoms with Gasteiger partial charge in [-0.2, -0.15) is 0 Å². The van der Waals surface area contributed by atoms with Crippen LogP contribution in [-0.2, 0) is 11.4 Å². The number of hydrogen-bond donors (Lipinski definition) is 1. The molecule has 1 aliphatic heterocycles. The maximum absolute atomic E-state index is 13.1. The number of nitrogens with zero attached hydrogens (tertiary/aromatic N) is 2. The van der Waals surface area contributed by atoms with Crippen molar-refractivity contribution in [2.75, 3.05) is 13.2 Å². The van der Waals surface area contributed by atoms with Crippen molar-refractivity contribution in [2.24, 2.45) is 4.99 Å². The van der Waals surface area contributed by atoms with E-state index in [1.807, 2.05) is 63.2 Å². The van der Waals surface area contributed by atoms with Gasteiger partial charge in [-0.3, -0.25) is 9.69 Å². The number of amides is 1. The summed E-state index contributed by atoms with van der Waals surface area (Å²) in [7, 11) is 0. The molecule has 3 aromatic carbocycles. The number of aryl methyl sites for hydroxylation is 1. The first kappa shape index (κ1) is 26.0. The Balaban J connectivity index is 1.55. The van der Waals surface area contributed by atoms with Crippen LogP contribution in [0.2, 0.25) is 0 Å². The van der Waals surface area contributed by atoms with E-state index in [1.165, 1.54) is 29.5 Å². The first-order chi connectivity index (χ1) is 17.9. The molecule has 1 heterocycles. The van der Waals surface area contributed by atoms with Crippen molar-refractivity contribution in [1.29, 1.82) is 0 Å². The number of ether oxygens (including phenoxy) is 2. The molecule has 8 heteroatoms. The van der Waals surface area contributed by atoms with Gasteiger partial charge in [-0.1, -0.05) is 35.9 Å². The average molecular weight is 517 g/mol. The molecule has 0 spiro atoms. The molecule has 1 fully saturated rings. The van der Waals surface area contributed by atoms with Crippen molar-refractivity contribution >= 4 is 40.6 Å². The maximum Gasteiger partial charge on any atom is 0.335 e. The predicted molar refractivity (Wildman–Crippen MR) is 147 cm³/mol. The third-order valence-electron chi connectivity index (χ3n) is 5.59. The number of thioether (sulfide) groups is 1. The summed E-state index contributed by atoms with van der Waals surface area (Å²) >= 11 is 1.28. The van der Waals surface area contributed by atoms with E-state index < -0.39 is 5.97 Å². The molecule has 1 saturated heterocycles. The Morgan fingerprint density at radius 3 is 2.49 bits per heavy atom. The number of carbonyl (C=O) groups excluding carboxylic acids is 1. The Labute approximate surface area is 220 Å². The molecular weight excluding hydrogens is 488 g/mol. The normalized spacial score (nSPS) is 15.4. The molecule has 0 aromatic heterocycles. The lowest BCUT2D eigenvalue weighted by Gasteiger charge is -2.13. The fourth-order valence-electron chi connectivity index (χ4n) is 3.78. The lowest BCUT2D eigenvalue weighted by Crippen LogP contribution is -2.28. The van der Waals surface area contributed by atoms with E-state index in [0.717, 1.165) is 11.1 Å². The first-order valence-electron chi connectivity index (χ1n) is 12.0. The van der Waals surface area contributed by atoms with Crippen molar-refractivity contribution in [2.45, 2.75) is 27.4 Å². The minimum absolute atomic E-state index is 0.133.